The lowest BCUT2D eigenvalue weighted by Gasteiger charge is -2.16. The summed E-state index contributed by atoms with van der Waals surface area (Å²) in [6.45, 7) is 4.93. The number of fused-ring (bicyclic) bond motifs is 1. The first-order chi connectivity index (χ1) is 14.9. The third-order valence-electron chi connectivity index (χ3n) is 5.11. The van der Waals surface area contributed by atoms with Crippen molar-refractivity contribution in [1.82, 2.24) is 19.4 Å². The van der Waals surface area contributed by atoms with E-state index in [0.717, 1.165) is 12.8 Å². The van der Waals surface area contributed by atoms with Crippen LogP contribution in [0.1, 0.15) is 46.6 Å². The van der Waals surface area contributed by atoms with Crippen molar-refractivity contribution >= 4 is 11.8 Å². The normalized spacial score (nSPS) is 12.9. The Labute approximate surface area is 178 Å². The molecule has 9 heteroatoms. The topological polar surface area (TPSA) is 103 Å². The second kappa shape index (κ2) is 8.17. The number of ether oxygens (including phenoxy) is 1. The molecular formula is C22H22FN5O3. The minimum atomic E-state index is -0.700. The third-order valence-corrected chi connectivity index (χ3v) is 5.11. The maximum absolute atomic E-state index is 14.8. The number of aryl methyl sites for hydroxylation is 1. The van der Waals surface area contributed by atoms with Crippen LogP contribution in [-0.4, -0.2) is 37.8 Å². The number of carbonyl (C=O) groups is 2. The summed E-state index contributed by atoms with van der Waals surface area (Å²) in [5, 5.41) is 0. The number of aromatic nitrogens is 3. The molecule has 4 rings (SSSR count). The molecule has 0 saturated heterocycles. The smallest absolute Gasteiger partial charge is 0.291 e. The largest absolute Gasteiger partial charge is 0.436 e. The van der Waals surface area contributed by atoms with Gasteiger partial charge in [0.15, 0.2) is 11.6 Å². The van der Waals surface area contributed by atoms with Crippen molar-refractivity contribution in [2.75, 3.05) is 6.54 Å². The minimum Gasteiger partial charge on any atom is -0.436 e. The predicted octanol–water partition coefficient (Wildman–Crippen LogP) is 3.50. The first-order valence-electron chi connectivity index (χ1n) is 10.00. The molecule has 2 N–H and O–H groups in total. The van der Waals surface area contributed by atoms with E-state index in [-0.39, 0.29) is 23.2 Å². The van der Waals surface area contributed by atoms with Crippen LogP contribution in [-0.2, 0) is 6.67 Å². The van der Waals surface area contributed by atoms with Gasteiger partial charge in [-0.1, -0.05) is 19.4 Å². The van der Waals surface area contributed by atoms with Crippen molar-refractivity contribution in [3.63, 3.8) is 0 Å². The van der Waals surface area contributed by atoms with Gasteiger partial charge in [0.05, 0.1) is 18.1 Å². The lowest BCUT2D eigenvalue weighted by Crippen LogP contribution is -2.26. The van der Waals surface area contributed by atoms with E-state index in [2.05, 4.69) is 16.9 Å². The van der Waals surface area contributed by atoms with Crippen LogP contribution in [0.15, 0.2) is 36.4 Å². The molecule has 3 aromatic rings. The zero-order chi connectivity index (χ0) is 22.1. The van der Waals surface area contributed by atoms with Gasteiger partial charge >= 0.3 is 0 Å². The number of benzene rings is 1. The van der Waals surface area contributed by atoms with Gasteiger partial charge in [-0.15, -0.1) is 0 Å². The number of primary amides is 1. The number of rotatable bonds is 7. The van der Waals surface area contributed by atoms with Crippen LogP contribution < -0.4 is 10.5 Å². The van der Waals surface area contributed by atoms with Gasteiger partial charge in [0, 0.05) is 18.2 Å². The molecule has 2 aromatic heterocycles. The molecule has 0 fully saturated rings. The molecule has 1 aliphatic heterocycles. The van der Waals surface area contributed by atoms with Gasteiger partial charge in [-0.05, 0) is 37.6 Å². The number of amides is 2. The Morgan fingerprint density at radius 3 is 2.77 bits per heavy atom. The molecule has 31 heavy (non-hydrogen) atoms. The highest BCUT2D eigenvalue weighted by atomic mass is 19.1. The zero-order valence-electron chi connectivity index (χ0n) is 17.3. The van der Waals surface area contributed by atoms with Gasteiger partial charge < -0.3 is 19.9 Å². The molecular weight excluding hydrogens is 401 g/mol. The Morgan fingerprint density at radius 2 is 2.06 bits per heavy atom. The lowest BCUT2D eigenvalue weighted by atomic mass is 10.1. The molecule has 0 unspecified atom stereocenters. The molecule has 2 amide bonds. The average molecular weight is 423 g/mol. The highest BCUT2D eigenvalue weighted by Crippen LogP contribution is 2.33. The fraction of sp³-hybridized carbons (Fsp3) is 0.273. The van der Waals surface area contributed by atoms with Crippen molar-refractivity contribution in [1.29, 1.82) is 0 Å². The summed E-state index contributed by atoms with van der Waals surface area (Å²) < 4.78 is 22.2. The van der Waals surface area contributed by atoms with Crippen molar-refractivity contribution < 1.29 is 18.7 Å². The zero-order valence-corrected chi connectivity index (χ0v) is 17.3. The molecule has 0 saturated carbocycles. The Balaban J connectivity index is 1.61. The number of imidazole rings is 1. The van der Waals surface area contributed by atoms with Crippen LogP contribution in [0.4, 0.5) is 4.39 Å². The Kier molecular flexibility index (Phi) is 5.41. The van der Waals surface area contributed by atoms with Crippen molar-refractivity contribution in [2.45, 2.75) is 33.4 Å². The summed E-state index contributed by atoms with van der Waals surface area (Å²) in [4.78, 5) is 34.0. The first-order valence-corrected chi connectivity index (χ1v) is 10.00. The predicted molar refractivity (Wildman–Crippen MR) is 111 cm³/mol. The van der Waals surface area contributed by atoms with Gasteiger partial charge in [0.2, 0.25) is 11.7 Å². The van der Waals surface area contributed by atoms with Gasteiger partial charge in [-0.25, -0.2) is 14.4 Å². The lowest BCUT2D eigenvalue weighted by molar-refractivity contribution is 0.0763. The van der Waals surface area contributed by atoms with Gasteiger partial charge in [-0.3, -0.25) is 9.59 Å². The molecule has 1 aliphatic rings. The van der Waals surface area contributed by atoms with E-state index >= 15 is 0 Å². The summed E-state index contributed by atoms with van der Waals surface area (Å²) in [6, 6.07) is 9.02. The molecule has 160 valence electrons. The maximum atomic E-state index is 14.8. The maximum Gasteiger partial charge on any atom is 0.291 e. The molecule has 0 aliphatic carbocycles. The third kappa shape index (κ3) is 3.86. The van der Waals surface area contributed by atoms with Crippen molar-refractivity contribution in [3.05, 3.63) is 59.4 Å². The van der Waals surface area contributed by atoms with E-state index < -0.39 is 11.7 Å². The highest BCUT2D eigenvalue weighted by Gasteiger charge is 2.32. The van der Waals surface area contributed by atoms with Crippen molar-refractivity contribution in [2.24, 2.45) is 5.73 Å². The molecule has 1 aromatic carbocycles. The van der Waals surface area contributed by atoms with E-state index in [1.165, 1.54) is 24.3 Å². The number of halogens is 1. The molecule has 0 radical (unpaired) electrons. The van der Waals surface area contributed by atoms with E-state index in [4.69, 9.17) is 10.5 Å². The fourth-order valence-corrected chi connectivity index (χ4v) is 3.59. The molecule has 8 nitrogen and oxygen atoms in total. The standard InChI is InChI=1S/C22H22FN5O3/c1-3-4-10-27-12-28-19(13(2)25-21(28)22(27)30)14-8-9-17(15(23)11-14)31-18-7-5-6-16(26-18)20(24)29/h5-9,11H,3-4,10,12H2,1-2H3,(H2,24,29). The van der Waals surface area contributed by atoms with Gasteiger partial charge in [0.25, 0.3) is 11.8 Å². The fourth-order valence-electron chi connectivity index (χ4n) is 3.59. The summed E-state index contributed by atoms with van der Waals surface area (Å²) >= 11 is 0. The number of hydrogen-bond acceptors (Lipinski definition) is 5. The van der Waals surface area contributed by atoms with Gasteiger partial charge in [0.1, 0.15) is 5.69 Å². The SMILES string of the molecule is CCCCN1Cn2c(nc(C)c2-c2ccc(Oc3cccc(C(N)=O)n3)c(F)c2)C1=O. The number of pyridine rings is 1. The van der Waals surface area contributed by atoms with E-state index in [0.29, 0.717) is 36.0 Å². The monoisotopic (exact) mass is 423 g/mol. The first kappa shape index (κ1) is 20.5. The molecule has 0 atom stereocenters. The second-order valence-corrected chi connectivity index (χ2v) is 7.33. The van der Waals surface area contributed by atoms with Crippen LogP contribution in [0.25, 0.3) is 11.3 Å². The van der Waals surface area contributed by atoms with Crippen LogP contribution in [0, 0.1) is 12.7 Å². The molecule has 0 bridgehead atoms. The quantitative estimate of drug-likeness (QED) is 0.626. The Bertz CT molecular complexity index is 1170. The van der Waals surface area contributed by atoms with E-state index in [1.54, 1.807) is 24.0 Å². The average Bonchev–Trinajstić information content (AvgIpc) is 3.22. The van der Waals surface area contributed by atoms with Crippen LogP contribution in [0.2, 0.25) is 0 Å². The van der Waals surface area contributed by atoms with Crippen LogP contribution >= 0.6 is 0 Å². The number of hydrogen-bond donors (Lipinski definition) is 1. The Morgan fingerprint density at radius 1 is 1.26 bits per heavy atom. The second-order valence-electron chi connectivity index (χ2n) is 7.33. The number of nitrogens with two attached hydrogens (primary N) is 1. The summed E-state index contributed by atoms with van der Waals surface area (Å²) in [5.41, 5.74) is 7.18. The summed E-state index contributed by atoms with van der Waals surface area (Å²) in [5.74, 6) is -1.03. The Hall–Kier alpha value is -3.75. The highest BCUT2D eigenvalue weighted by molar-refractivity contribution is 5.94. The van der Waals surface area contributed by atoms with E-state index in [9.17, 15) is 14.0 Å². The van der Waals surface area contributed by atoms with Crippen LogP contribution in [0.5, 0.6) is 11.6 Å². The van der Waals surface area contributed by atoms with Crippen molar-refractivity contribution in [3.8, 4) is 22.9 Å². The molecule has 0 spiro atoms. The number of carbonyl (C=O) groups excluding carboxylic acids is 2. The minimum absolute atomic E-state index is 0.0253. The summed E-state index contributed by atoms with van der Waals surface area (Å²) in [6.07, 6.45) is 1.90. The summed E-state index contributed by atoms with van der Waals surface area (Å²) in [7, 11) is 0. The van der Waals surface area contributed by atoms with E-state index in [1.807, 2.05) is 4.57 Å². The molecule has 3 heterocycles. The number of nitrogens with zero attached hydrogens (tertiary/aromatic N) is 4. The number of unbranched alkanes of at least 4 members (excludes halogenated alkanes) is 1. The van der Waals surface area contributed by atoms with Gasteiger partial charge in [-0.2, -0.15) is 0 Å². The van der Waals surface area contributed by atoms with Crippen LogP contribution in [0.3, 0.4) is 0 Å².